The van der Waals surface area contributed by atoms with Crippen molar-refractivity contribution in [3.63, 3.8) is 0 Å². The molecule has 8 nitrogen and oxygen atoms in total. The van der Waals surface area contributed by atoms with Crippen LogP contribution in [0.4, 0.5) is 16.2 Å². The molecule has 1 aliphatic heterocycles. The average Bonchev–Trinajstić information content (AvgIpc) is 3.27. The molecule has 0 bridgehead atoms. The first-order valence-corrected chi connectivity index (χ1v) is 11.5. The van der Waals surface area contributed by atoms with Gasteiger partial charge >= 0.3 is 6.09 Å². The van der Waals surface area contributed by atoms with Crippen LogP contribution in [0.2, 0.25) is 0 Å². The Kier molecular flexibility index (Phi) is 5.44. The van der Waals surface area contributed by atoms with Crippen LogP contribution in [0.1, 0.15) is 36.7 Å². The van der Waals surface area contributed by atoms with Gasteiger partial charge in [0.25, 0.3) is 0 Å². The Labute approximate surface area is 192 Å². The minimum absolute atomic E-state index is 0.0174. The Morgan fingerprint density at radius 3 is 2.61 bits per heavy atom. The number of rotatable bonds is 5. The SMILES string of the molecule is CCOC(=O)N1CCN(c2cc(NCC(C)C)c3c4c(onc24)-c2ccccc2C3=O)CC1. The molecule has 1 amide bonds. The highest BCUT2D eigenvalue weighted by Gasteiger charge is 2.34. The summed E-state index contributed by atoms with van der Waals surface area (Å²) < 4.78 is 11.0. The highest BCUT2D eigenvalue weighted by molar-refractivity contribution is 6.28. The second kappa shape index (κ2) is 8.42. The van der Waals surface area contributed by atoms with Crippen LogP contribution in [0.25, 0.3) is 22.2 Å². The van der Waals surface area contributed by atoms with Crippen molar-refractivity contribution in [1.82, 2.24) is 10.1 Å². The van der Waals surface area contributed by atoms with E-state index in [1.807, 2.05) is 37.3 Å². The summed E-state index contributed by atoms with van der Waals surface area (Å²) in [7, 11) is 0. The third-order valence-corrected chi connectivity index (χ3v) is 6.23. The fourth-order valence-corrected chi connectivity index (χ4v) is 4.58. The van der Waals surface area contributed by atoms with Gasteiger partial charge in [-0.15, -0.1) is 0 Å². The van der Waals surface area contributed by atoms with Crippen LogP contribution in [0.15, 0.2) is 34.9 Å². The highest BCUT2D eigenvalue weighted by Crippen LogP contribution is 2.45. The molecule has 5 rings (SSSR count). The second-order valence-corrected chi connectivity index (χ2v) is 8.88. The number of amides is 1. The van der Waals surface area contributed by atoms with Gasteiger partial charge in [-0.2, -0.15) is 0 Å². The zero-order chi connectivity index (χ0) is 23.1. The second-order valence-electron chi connectivity index (χ2n) is 8.88. The number of ether oxygens (including phenoxy) is 1. The summed E-state index contributed by atoms with van der Waals surface area (Å²) in [6, 6.07) is 9.53. The minimum atomic E-state index is -0.280. The Balaban J connectivity index is 1.59. The van der Waals surface area contributed by atoms with Crippen molar-refractivity contribution in [2.24, 2.45) is 5.92 Å². The van der Waals surface area contributed by atoms with Gasteiger partial charge in [-0.05, 0) is 18.9 Å². The number of hydrogen-bond donors (Lipinski definition) is 1. The first-order chi connectivity index (χ1) is 16.0. The van der Waals surface area contributed by atoms with Crippen molar-refractivity contribution < 1.29 is 18.8 Å². The predicted molar refractivity (Wildman–Crippen MR) is 127 cm³/mol. The van der Waals surface area contributed by atoms with Crippen LogP contribution in [-0.2, 0) is 4.74 Å². The molecular formula is C25H28N4O4. The molecule has 33 heavy (non-hydrogen) atoms. The maximum absolute atomic E-state index is 13.5. The lowest BCUT2D eigenvalue weighted by Crippen LogP contribution is -2.49. The van der Waals surface area contributed by atoms with E-state index in [2.05, 4.69) is 29.2 Å². The highest BCUT2D eigenvalue weighted by atomic mass is 16.6. The van der Waals surface area contributed by atoms with Gasteiger partial charge in [0.15, 0.2) is 11.5 Å². The van der Waals surface area contributed by atoms with Crippen molar-refractivity contribution in [1.29, 1.82) is 0 Å². The largest absolute Gasteiger partial charge is 0.450 e. The van der Waals surface area contributed by atoms with E-state index in [1.165, 1.54) is 0 Å². The van der Waals surface area contributed by atoms with E-state index in [9.17, 15) is 9.59 Å². The number of aromatic nitrogens is 1. The Morgan fingerprint density at radius 1 is 1.18 bits per heavy atom. The van der Waals surface area contributed by atoms with Crippen LogP contribution in [-0.4, -0.2) is 61.3 Å². The molecule has 1 aromatic heterocycles. The summed E-state index contributed by atoms with van der Waals surface area (Å²) in [5.41, 5.74) is 4.41. The molecule has 3 aromatic rings. The molecule has 1 aliphatic carbocycles. The van der Waals surface area contributed by atoms with Gasteiger partial charge in [-0.3, -0.25) is 4.79 Å². The third kappa shape index (κ3) is 3.59. The molecule has 0 saturated carbocycles. The molecule has 0 atom stereocenters. The van der Waals surface area contributed by atoms with Gasteiger partial charge in [0.05, 0.1) is 23.2 Å². The molecule has 1 fully saturated rings. The van der Waals surface area contributed by atoms with Gasteiger partial charge in [-0.1, -0.05) is 43.3 Å². The smallest absolute Gasteiger partial charge is 0.409 e. The van der Waals surface area contributed by atoms with Gasteiger partial charge in [0.2, 0.25) is 0 Å². The maximum Gasteiger partial charge on any atom is 0.409 e. The van der Waals surface area contributed by atoms with E-state index < -0.39 is 0 Å². The summed E-state index contributed by atoms with van der Waals surface area (Å²) in [6.45, 7) is 9.58. The molecule has 2 aromatic carbocycles. The lowest BCUT2D eigenvalue weighted by Gasteiger charge is -2.36. The molecular weight excluding hydrogens is 420 g/mol. The first-order valence-electron chi connectivity index (χ1n) is 11.5. The van der Waals surface area contributed by atoms with Gasteiger partial charge in [0, 0.05) is 49.5 Å². The van der Waals surface area contributed by atoms with Crippen molar-refractivity contribution in [3.05, 3.63) is 41.5 Å². The van der Waals surface area contributed by atoms with Gasteiger partial charge in [0.1, 0.15) is 5.52 Å². The van der Waals surface area contributed by atoms with E-state index in [-0.39, 0.29) is 11.9 Å². The number of ketones is 1. The number of nitrogens with zero attached hydrogens (tertiary/aromatic N) is 3. The molecule has 2 aliphatic rings. The normalized spacial score (nSPS) is 15.2. The Hall–Kier alpha value is -3.55. The minimum Gasteiger partial charge on any atom is -0.450 e. The molecule has 1 N–H and O–H groups in total. The van der Waals surface area contributed by atoms with E-state index in [1.54, 1.807) is 4.90 Å². The van der Waals surface area contributed by atoms with Crippen molar-refractivity contribution in [2.45, 2.75) is 20.8 Å². The fourth-order valence-electron chi connectivity index (χ4n) is 4.58. The number of piperazine rings is 1. The van der Waals surface area contributed by atoms with E-state index in [0.717, 1.165) is 28.9 Å². The van der Waals surface area contributed by atoms with Crippen molar-refractivity contribution >= 4 is 34.2 Å². The number of carbonyl (C=O) groups is 2. The quantitative estimate of drug-likeness (QED) is 0.485. The zero-order valence-electron chi connectivity index (χ0n) is 19.2. The lowest BCUT2D eigenvalue weighted by molar-refractivity contribution is 0.103. The number of benzene rings is 2. The maximum atomic E-state index is 13.5. The molecule has 8 heteroatoms. The predicted octanol–water partition coefficient (Wildman–Crippen LogP) is 4.39. The van der Waals surface area contributed by atoms with E-state index >= 15 is 0 Å². The number of fused-ring (bicyclic) bond motifs is 2. The summed E-state index contributed by atoms with van der Waals surface area (Å²) in [5, 5.41) is 8.67. The van der Waals surface area contributed by atoms with Crippen LogP contribution in [0.3, 0.4) is 0 Å². The standard InChI is InChI=1S/C25H28N4O4/c1-4-32-25(31)29-11-9-28(10-12-29)19-13-18(26-14-15(2)3)20-21-22(19)27-33-24(21)17-8-6-5-7-16(17)23(20)30/h5-8,13,15,26H,4,9-12,14H2,1-3H3. The average molecular weight is 449 g/mol. The number of anilines is 2. The monoisotopic (exact) mass is 448 g/mol. The molecule has 2 heterocycles. The Morgan fingerprint density at radius 2 is 1.91 bits per heavy atom. The summed E-state index contributed by atoms with van der Waals surface area (Å²) in [4.78, 5) is 29.6. The summed E-state index contributed by atoms with van der Waals surface area (Å²) in [5.74, 6) is 1.03. The van der Waals surface area contributed by atoms with Crippen LogP contribution in [0.5, 0.6) is 0 Å². The topological polar surface area (TPSA) is 87.9 Å². The molecule has 0 unspecified atom stereocenters. The number of carbonyl (C=O) groups excluding carboxylic acids is 2. The van der Waals surface area contributed by atoms with E-state index in [0.29, 0.717) is 61.1 Å². The number of hydrogen-bond acceptors (Lipinski definition) is 7. The van der Waals surface area contributed by atoms with Crippen molar-refractivity contribution in [2.75, 3.05) is 49.5 Å². The lowest BCUT2D eigenvalue weighted by atomic mass is 9.86. The van der Waals surface area contributed by atoms with Crippen LogP contribution in [0, 0.1) is 5.92 Å². The summed E-state index contributed by atoms with van der Waals surface area (Å²) >= 11 is 0. The first kappa shape index (κ1) is 21.3. The van der Waals surface area contributed by atoms with Crippen LogP contribution >= 0.6 is 0 Å². The zero-order valence-corrected chi connectivity index (χ0v) is 19.2. The fraction of sp³-hybridized carbons (Fsp3) is 0.400. The molecule has 1 saturated heterocycles. The van der Waals surface area contributed by atoms with E-state index in [4.69, 9.17) is 9.26 Å². The Bertz CT molecular complexity index is 1220. The molecule has 0 spiro atoms. The summed E-state index contributed by atoms with van der Waals surface area (Å²) in [6.07, 6.45) is -0.280. The van der Waals surface area contributed by atoms with Gasteiger partial charge < -0.3 is 24.4 Å². The number of nitrogens with one attached hydrogen (secondary N) is 1. The van der Waals surface area contributed by atoms with Gasteiger partial charge in [-0.25, -0.2) is 4.79 Å². The third-order valence-electron chi connectivity index (χ3n) is 6.23. The molecule has 0 radical (unpaired) electrons. The van der Waals surface area contributed by atoms with Crippen molar-refractivity contribution in [3.8, 4) is 11.3 Å². The molecule has 172 valence electrons. The van der Waals surface area contributed by atoms with Crippen LogP contribution < -0.4 is 10.2 Å².